The number of anilines is 1. The zero-order chi connectivity index (χ0) is 19.1. The summed E-state index contributed by atoms with van der Waals surface area (Å²) in [6.45, 7) is -0.543. The van der Waals surface area contributed by atoms with Crippen molar-refractivity contribution < 1.29 is 13.5 Å². The molecule has 0 bridgehead atoms. The molecule has 2 N–H and O–H groups in total. The Labute approximate surface area is 185 Å². The molecule has 0 amide bonds. The van der Waals surface area contributed by atoms with E-state index < -0.39 is 6.61 Å². The van der Waals surface area contributed by atoms with Crippen molar-refractivity contribution in [2.24, 2.45) is 4.99 Å². The molecule has 1 unspecified atom stereocenters. The van der Waals surface area contributed by atoms with E-state index in [-0.39, 0.29) is 35.8 Å². The quantitative estimate of drug-likeness (QED) is 0.329. The highest BCUT2D eigenvalue weighted by Gasteiger charge is 2.25. The van der Waals surface area contributed by atoms with Crippen LogP contribution >= 0.6 is 35.3 Å². The number of nitrogens with one attached hydrogen (secondary N) is 2. The number of guanidine groups is 1. The second kappa shape index (κ2) is 11.4. The van der Waals surface area contributed by atoms with E-state index in [4.69, 9.17) is 0 Å². The summed E-state index contributed by atoms with van der Waals surface area (Å²) in [6.07, 6.45) is 1.85. The fraction of sp³-hybridized carbons (Fsp3) is 0.421. The van der Waals surface area contributed by atoms with Crippen molar-refractivity contribution in [1.29, 1.82) is 0 Å². The first-order chi connectivity index (χ1) is 13.2. The molecule has 2 aromatic rings. The van der Waals surface area contributed by atoms with E-state index in [1.54, 1.807) is 30.5 Å². The molecule has 1 aliphatic heterocycles. The van der Waals surface area contributed by atoms with Gasteiger partial charge >= 0.3 is 6.61 Å². The highest BCUT2D eigenvalue weighted by molar-refractivity contribution is 14.0. The van der Waals surface area contributed by atoms with Crippen LogP contribution < -0.4 is 20.3 Å². The van der Waals surface area contributed by atoms with Crippen molar-refractivity contribution in [3.63, 3.8) is 0 Å². The molecule has 1 aromatic heterocycles. The van der Waals surface area contributed by atoms with Crippen LogP contribution in [-0.2, 0) is 6.42 Å². The molecule has 9 heteroatoms. The molecular formula is C19H25F2IN4OS. The van der Waals surface area contributed by atoms with Crippen molar-refractivity contribution in [2.45, 2.75) is 25.5 Å². The normalized spacial score (nSPS) is 16.8. The van der Waals surface area contributed by atoms with Crippen LogP contribution in [0.4, 0.5) is 14.5 Å². The number of aliphatic imine (C=N–C) groups is 1. The molecule has 1 aliphatic rings. The van der Waals surface area contributed by atoms with E-state index >= 15 is 0 Å². The number of thiophene rings is 1. The first-order valence-electron chi connectivity index (χ1n) is 8.94. The highest BCUT2D eigenvalue weighted by atomic mass is 127. The van der Waals surface area contributed by atoms with Gasteiger partial charge in [-0.25, -0.2) is 0 Å². The number of para-hydroxylation sites is 2. The maximum Gasteiger partial charge on any atom is 0.387 e. The Morgan fingerprint density at radius 3 is 2.86 bits per heavy atom. The Balaban J connectivity index is 0.00000280. The van der Waals surface area contributed by atoms with Gasteiger partial charge in [0.25, 0.3) is 0 Å². The average Bonchev–Trinajstić information content (AvgIpc) is 3.33. The minimum atomic E-state index is -2.82. The van der Waals surface area contributed by atoms with E-state index in [2.05, 4.69) is 42.8 Å². The lowest BCUT2D eigenvalue weighted by molar-refractivity contribution is -0.0495. The number of ether oxygens (including phenoxy) is 1. The van der Waals surface area contributed by atoms with E-state index in [0.717, 1.165) is 31.9 Å². The molecule has 3 rings (SSSR count). The SMILES string of the molecule is CN=C(NCCc1cccs1)NC1CCN(c2ccccc2OC(F)F)C1.I. The third-order valence-electron chi connectivity index (χ3n) is 4.42. The van der Waals surface area contributed by atoms with Crippen LogP contribution in [0.2, 0.25) is 0 Å². The summed E-state index contributed by atoms with van der Waals surface area (Å²) in [5.74, 6) is 0.974. The van der Waals surface area contributed by atoms with Crippen LogP contribution in [0.1, 0.15) is 11.3 Å². The first-order valence-corrected chi connectivity index (χ1v) is 9.82. The van der Waals surface area contributed by atoms with Gasteiger partial charge in [0, 0.05) is 37.6 Å². The molecular weight excluding hydrogens is 497 g/mol. The summed E-state index contributed by atoms with van der Waals surface area (Å²) >= 11 is 1.75. The largest absolute Gasteiger partial charge is 0.433 e. The summed E-state index contributed by atoms with van der Waals surface area (Å²) in [4.78, 5) is 7.68. The van der Waals surface area contributed by atoms with Gasteiger partial charge in [-0.2, -0.15) is 8.78 Å². The number of halogens is 3. The Morgan fingerprint density at radius 2 is 2.14 bits per heavy atom. The summed E-state index contributed by atoms with van der Waals surface area (Å²) in [6, 6.07) is 11.3. The smallest absolute Gasteiger partial charge is 0.387 e. The highest BCUT2D eigenvalue weighted by Crippen LogP contribution is 2.31. The average molecular weight is 522 g/mol. The third-order valence-corrected chi connectivity index (χ3v) is 5.35. The van der Waals surface area contributed by atoms with E-state index in [1.807, 2.05) is 12.1 Å². The van der Waals surface area contributed by atoms with Gasteiger partial charge in [-0.15, -0.1) is 35.3 Å². The molecule has 28 heavy (non-hydrogen) atoms. The predicted molar refractivity (Wildman–Crippen MR) is 122 cm³/mol. The zero-order valence-electron chi connectivity index (χ0n) is 15.6. The minimum Gasteiger partial charge on any atom is -0.433 e. The van der Waals surface area contributed by atoms with Gasteiger partial charge in [0.15, 0.2) is 5.96 Å². The van der Waals surface area contributed by atoms with Gasteiger partial charge in [-0.1, -0.05) is 18.2 Å². The lowest BCUT2D eigenvalue weighted by atomic mass is 10.2. The molecule has 1 fully saturated rings. The lowest BCUT2D eigenvalue weighted by Gasteiger charge is -2.22. The van der Waals surface area contributed by atoms with Gasteiger partial charge < -0.3 is 20.3 Å². The Bertz CT molecular complexity index is 745. The van der Waals surface area contributed by atoms with Crippen LogP contribution in [0.5, 0.6) is 5.75 Å². The summed E-state index contributed by atoms with van der Waals surface area (Å²) < 4.78 is 29.9. The van der Waals surface area contributed by atoms with Crippen molar-refractivity contribution in [1.82, 2.24) is 10.6 Å². The maximum atomic E-state index is 12.6. The van der Waals surface area contributed by atoms with Crippen molar-refractivity contribution in [3.8, 4) is 5.75 Å². The first kappa shape index (κ1) is 22.7. The van der Waals surface area contributed by atoms with Crippen molar-refractivity contribution in [3.05, 3.63) is 46.7 Å². The number of benzene rings is 1. The maximum absolute atomic E-state index is 12.6. The van der Waals surface area contributed by atoms with E-state index in [9.17, 15) is 8.78 Å². The van der Waals surface area contributed by atoms with Crippen molar-refractivity contribution in [2.75, 3.05) is 31.6 Å². The Morgan fingerprint density at radius 1 is 1.32 bits per heavy atom. The molecule has 1 atom stereocenters. The van der Waals surface area contributed by atoms with Gasteiger partial charge in [0.05, 0.1) is 5.69 Å². The number of hydrogen-bond donors (Lipinski definition) is 2. The standard InChI is InChI=1S/C19H24F2N4OS.HI/c1-22-19(23-10-8-15-5-4-12-27-15)24-14-9-11-25(13-14)16-6-2-3-7-17(16)26-18(20)21;/h2-7,12,14,18H,8-11,13H2,1H3,(H2,22,23,24);1H. The molecule has 0 spiro atoms. The van der Waals surface area contributed by atoms with Gasteiger partial charge in [-0.3, -0.25) is 4.99 Å². The number of hydrogen-bond acceptors (Lipinski definition) is 4. The number of rotatable bonds is 7. The molecule has 154 valence electrons. The van der Waals surface area contributed by atoms with Crippen molar-refractivity contribution >= 4 is 47.0 Å². The van der Waals surface area contributed by atoms with Crippen LogP contribution in [-0.4, -0.2) is 45.3 Å². The summed E-state index contributed by atoms with van der Waals surface area (Å²) in [7, 11) is 1.75. The number of nitrogens with zero attached hydrogens (tertiary/aromatic N) is 2. The minimum absolute atomic E-state index is 0. The molecule has 5 nitrogen and oxygen atoms in total. The molecule has 1 aromatic carbocycles. The zero-order valence-corrected chi connectivity index (χ0v) is 18.8. The van der Waals surface area contributed by atoms with E-state index in [0.29, 0.717) is 12.2 Å². The van der Waals surface area contributed by atoms with Gasteiger partial charge in [-0.05, 0) is 36.4 Å². The molecule has 1 saturated heterocycles. The Kier molecular flexibility index (Phi) is 9.23. The van der Waals surface area contributed by atoms with Gasteiger partial charge in [0.2, 0.25) is 0 Å². The topological polar surface area (TPSA) is 48.9 Å². The monoisotopic (exact) mass is 522 g/mol. The van der Waals surface area contributed by atoms with Crippen LogP contribution in [0, 0.1) is 0 Å². The molecule has 0 radical (unpaired) electrons. The fourth-order valence-corrected chi connectivity index (χ4v) is 3.87. The van der Waals surface area contributed by atoms with E-state index in [1.165, 1.54) is 4.88 Å². The third kappa shape index (κ3) is 6.47. The Hall–Kier alpha value is -1.62. The second-order valence-electron chi connectivity index (χ2n) is 6.25. The van der Waals surface area contributed by atoms with Crippen LogP contribution in [0.25, 0.3) is 0 Å². The van der Waals surface area contributed by atoms with Gasteiger partial charge in [0.1, 0.15) is 5.75 Å². The molecule has 2 heterocycles. The van der Waals surface area contributed by atoms with Crippen LogP contribution in [0.3, 0.4) is 0 Å². The predicted octanol–water partition coefficient (Wildman–Crippen LogP) is 3.95. The summed E-state index contributed by atoms with van der Waals surface area (Å²) in [5, 5.41) is 8.82. The lowest BCUT2D eigenvalue weighted by Crippen LogP contribution is -2.45. The summed E-state index contributed by atoms with van der Waals surface area (Å²) in [5.41, 5.74) is 0.697. The van der Waals surface area contributed by atoms with Crippen LogP contribution in [0.15, 0.2) is 46.8 Å². The fourth-order valence-electron chi connectivity index (χ4n) is 3.16. The second-order valence-corrected chi connectivity index (χ2v) is 7.28. The molecule has 0 saturated carbocycles. The number of alkyl halides is 2. The molecule has 0 aliphatic carbocycles.